The zero-order valence-corrected chi connectivity index (χ0v) is 5.91. The van der Waals surface area contributed by atoms with Crippen molar-refractivity contribution in [1.29, 1.82) is 0 Å². The summed E-state index contributed by atoms with van der Waals surface area (Å²) in [7, 11) is 0. The second-order valence-corrected chi connectivity index (χ2v) is 3.21. The van der Waals surface area contributed by atoms with Crippen molar-refractivity contribution < 1.29 is 0 Å². The van der Waals surface area contributed by atoms with Crippen molar-refractivity contribution in [2.75, 3.05) is 0 Å². The molecule has 1 rings (SSSR count). The van der Waals surface area contributed by atoms with Gasteiger partial charge in [0.2, 0.25) is 0 Å². The third-order valence-corrected chi connectivity index (χ3v) is 1.92. The van der Waals surface area contributed by atoms with E-state index in [4.69, 9.17) is 0 Å². The van der Waals surface area contributed by atoms with Crippen LogP contribution in [0.5, 0.6) is 0 Å². The molecule has 1 radical (unpaired) electrons. The van der Waals surface area contributed by atoms with E-state index in [0.29, 0.717) is 0 Å². The SMILES string of the molecule is C[C](C)CC1CCC1. The number of hydrogen-bond acceptors (Lipinski definition) is 0. The molecule has 1 fully saturated rings. The standard InChI is InChI=1S/C8H15/c1-7(2)6-8-4-3-5-8/h8H,3-6H2,1-2H3. The third kappa shape index (κ3) is 1.50. The van der Waals surface area contributed by atoms with Crippen molar-refractivity contribution in [2.45, 2.75) is 39.5 Å². The molecule has 1 aliphatic rings. The predicted molar refractivity (Wildman–Crippen MR) is 36.5 cm³/mol. The largest absolute Gasteiger partial charge is 0.0594 e. The molecule has 0 aromatic heterocycles. The molecular weight excluding hydrogens is 96.1 g/mol. The Kier molecular flexibility index (Phi) is 1.93. The predicted octanol–water partition coefficient (Wildman–Crippen LogP) is 2.79. The highest BCUT2D eigenvalue weighted by Crippen LogP contribution is 2.32. The first-order valence-corrected chi connectivity index (χ1v) is 3.58. The van der Waals surface area contributed by atoms with Gasteiger partial charge in [-0.1, -0.05) is 33.1 Å². The van der Waals surface area contributed by atoms with Gasteiger partial charge in [-0.05, 0) is 18.3 Å². The van der Waals surface area contributed by atoms with Crippen LogP contribution in [0.4, 0.5) is 0 Å². The molecule has 0 heteroatoms. The van der Waals surface area contributed by atoms with Gasteiger partial charge < -0.3 is 0 Å². The molecule has 0 heterocycles. The number of hydrogen-bond donors (Lipinski definition) is 0. The summed E-state index contributed by atoms with van der Waals surface area (Å²) in [6.45, 7) is 4.47. The molecule has 0 spiro atoms. The van der Waals surface area contributed by atoms with Crippen LogP contribution in [0.2, 0.25) is 0 Å². The summed E-state index contributed by atoms with van der Waals surface area (Å²) in [5, 5.41) is 0. The summed E-state index contributed by atoms with van der Waals surface area (Å²) < 4.78 is 0. The highest BCUT2D eigenvalue weighted by molar-refractivity contribution is 4.84. The van der Waals surface area contributed by atoms with E-state index in [1.807, 2.05) is 0 Å². The molecule has 0 nitrogen and oxygen atoms in total. The van der Waals surface area contributed by atoms with E-state index in [-0.39, 0.29) is 0 Å². The Morgan fingerprint density at radius 3 is 2.12 bits per heavy atom. The maximum absolute atomic E-state index is 2.23. The van der Waals surface area contributed by atoms with Gasteiger partial charge in [-0.25, -0.2) is 0 Å². The van der Waals surface area contributed by atoms with Crippen LogP contribution in [0, 0.1) is 11.8 Å². The Bertz CT molecular complexity index is 60.4. The van der Waals surface area contributed by atoms with Crippen LogP contribution in [-0.2, 0) is 0 Å². The second-order valence-electron chi connectivity index (χ2n) is 3.21. The maximum atomic E-state index is 2.23. The molecule has 0 unspecified atom stereocenters. The second kappa shape index (κ2) is 2.52. The molecule has 0 N–H and O–H groups in total. The van der Waals surface area contributed by atoms with Gasteiger partial charge in [0.1, 0.15) is 0 Å². The first-order valence-electron chi connectivity index (χ1n) is 3.58. The van der Waals surface area contributed by atoms with E-state index in [2.05, 4.69) is 13.8 Å². The molecule has 0 aromatic carbocycles. The molecular formula is C8H15. The van der Waals surface area contributed by atoms with E-state index in [1.165, 1.54) is 25.7 Å². The molecule has 8 heavy (non-hydrogen) atoms. The lowest BCUT2D eigenvalue weighted by atomic mass is 9.80. The van der Waals surface area contributed by atoms with Crippen LogP contribution in [0.1, 0.15) is 39.5 Å². The summed E-state index contributed by atoms with van der Waals surface area (Å²) in [5.41, 5.74) is 0. The normalized spacial score (nSPS) is 21.4. The summed E-state index contributed by atoms with van der Waals surface area (Å²) in [6, 6.07) is 0. The molecule has 1 aliphatic carbocycles. The van der Waals surface area contributed by atoms with Crippen molar-refractivity contribution in [1.82, 2.24) is 0 Å². The van der Waals surface area contributed by atoms with Gasteiger partial charge >= 0.3 is 0 Å². The molecule has 1 saturated carbocycles. The minimum absolute atomic E-state index is 1.07. The topological polar surface area (TPSA) is 0 Å². The molecule has 0 atom stereocenters. The lowest BCUT2D eigenvalue weighted by Gasteiger charge is -2.26. The Labute approximate surface area is 52.3 Å². The average Bonchev–Trinajstić information content (AvgIpc) is 1.55. The highest BCUT2D eigenvalue weighted by Gasteiger charge is 2.17. The summed E-state index contributed by atoms with van der Waals surface area (Å²) in [4.78, 5) is 0. The summed E-state index contributed by atoms with van der Waals surface area (Å²) in [5.74, 6) is 2.68. The molecule has 47 valence electrons. The molecule has 0 saturated heterocycles. The Balaban J connectivity index is 2.01. The van der Waals surface area contributed by atoms with Crippen LogP contribution < -0.4 is 0 Å². The highest BCUT2D eigenvalue weighted by atomic mass is 14.2. The van der Waals surface area contributed by atoms with Crippen molar-refractivity contribution in [3.05, 3.63) is 5.92 Å². The van der Waals surface area contributed by atoms with Crippen LogP contribution in [0.25, 0.3) is 0 Å². The van der Waals surface area contributed by atoms with Gasteiger partial charge in [0.25, 0.3) is 0 Å². The quantitative estimate of drug-likeness (QED) is 0.514. The van der Waals surface area contributed by atoms with Crippen molar-refractivity contribution in [3.8, 4) is 0 Å². The maximum Gasteiger partial charge on any atom is -0.0300 e. The van der Waals surface area contributed by atoms with Gasteiger partial charge in [-0.15, -0.1) is 0 Å². The average molecular weight is 111 g/mol. The monoisotopic (exact) mass is 111 g/mol. The minimum atomic E-state index is 1.07. The number of rotatable bonds is 2. The molecule has 0 amide bonds. The Morgan fingerprint density at radius 1 is 1.38 bits per heavy atom. The van der Waals surface area contributed by atoms with Gasteiger partial charge in [0.05, 0.1) is 0 Å². The third-order valence-electron chi connectivity index (χ3n) is 1.92. The van der Waals surface area contributed by atoms with Gasteiger partial charge in [0.15, 0.2) is 0 Å². The fourth-order valence-corrected chi connectivity index (χ4v) is 1.27. The van der Waals surface area contributed by atoms with E-state index < -0.39 is 0 Å². The Hall–Kier alpha value is 0. The van der Waals surface area contributed by atoms with Crippen molar-refractivity contribution in [3.63, 3.8) is 0 Å². The zero-order chi connectivity index (χ0) is 5.98. The van der Waals surface area contributed by atoms with Gasteiger partial charge in [-0.2, -0.15) is 0 Å². The van der Waals surface area contributed by atoms with Crippen molar-refractivity contribution >= 4 is 0 Å². The lowest BCUT2D eigenvalue weighted by molar-refractivity contribution is 0.303. The fourth-order valence-electron chi connectivity index (χ4n) is 1.27. The van der Waals surface area contributed by atoms with E-state index in [1.54, 1.807) is 5.92 Å². The van der Waals surface area contributed by atoms with E-state index in [0.717, 1.165) is 5.92 Å². The fraction of sp³-hybridized carbons (Fsp3) is 0.875. The summed E-state index contributed by atoms with van der Waals surface area (Å²) in [6.07, 6.45) is 5.86. The smallest absolute Gasteiger partial charge is 0.0300 e. The van der Waals surface area contributed by atoms with Crippen molar-refractivity contribution in [2.24, 2.45) is 5.92 Å². The zero-order valence-electron chi connectivity index (χ0n) is 5.91. The molecule has 0 bridgehead atoms. The Morgan fingerprint density at radius 2 is 2.00 bits per heavy atom. The van der Waals surface area contributed by atoms with E-state index >= 15 is 0 Å². The van der Waals surface area contributed by atoms with Gasteiger partial charge in [-0.3, -0.25) is 0 Å². The minimum Gasteiger partial charge on any atom is -0.0594 e. The van der Waals surface area contributed by atoms with E-state index in [9.17, 15) is 0 Å². The molecule has 0 aliphatic heterocycles. The van der Waals surface area contributed by atoms with Gasteiger partial charge in [0, 0.05) is 0 Å². The molecule has 0 aromatic rings. The lowest BCUT2D eigenvalue weighted by Crippen LogP contribution is -2.12. The van der Waals surface area contributed by atoms with Crippen LogP contribution in [0.15, 0.2) is 0 Å². The first-order chi connectivity index (χ1) is 3.79. The van der Waals surface area contributed by atoms with Crippen LogP contribution in [-0.4, -0.2) is 0 Å². The first kappa shape index (κ1) is 6.12. The van der Waals surface area contributed by atoms with Crippen LogP contribution in [0.3, 0.4) is 0 Å². The summed E-state index contributed by atoms with van der Waals surface area (Å²) >= 11 is 0. The van der Waals surface area contributed by atoms with Crippen LogP contribution >= 0.6 is 0 Å².